The molecule has 0 heterocycles. The van der Waals surface area contributed by atoms with Gasteiger partial charge in [-0.05, 0) is 49.4 Å². The van der Waals surface area contributed by atoms with Crippen molar-refractivity contribution in [3.63, 3.8) is 0 Å². The first-order chi connectivity index (χ1) is 40.6. The Kier molecular flexibility index (Phi) is 54.8. The number of esters is 4. The summed E-state index contributed by atoms with van der Waals surface area (Å²) in [6.45, 7) is 13.9. The van der Waals surface area contributed by atoms with Gasteiger partial charge in [-0.2, -0.15) is 0 Å². The molecule has 504 valence electrons. The van der Waals surface area contributed by atoms with Gasteiger partial charge in [0.25, 0.3) is 0 Å². The van der Waals surface area contributed by atoms with Crippen LogP contribution >= 0.6 is 15.6 Å². The minimum Gasteiger partial charge on any atom is -0.462 e. The Bertz CT molecular complexity index is 1700. The molecule has 85 heavy (non-hydrogen) atoms. The molecular weight excluding hydrogens is 1130 g/mol. The second kappa shape index (κ2) is 56.1. The monoisotopic (exact) mass is 1250 g/mol. The van der Waals surface area contributed by atoms with E-state index in [1.165, 1.54) is 116 Å². The Hall–Kier alpha value is -1.94. The Morgan fingerprint density at radius 2 is 0.494 bits per heavy atom. The van der Waals surface area contributed by atoms with Gasteiger partial charge >= 0.3 is 39.5 Å². The lowest BCUT2D eigenvalue weighted by molar-refractivity contribution is -0.161. The number of aliphatic hydroxyl groups excluding tert-OH is 1. The molecule has 0 aromatic heterocycles. The summed E-state index contributed by atoms with van der Waals surface area (Å²) < 4.78 is 68.0. The van der Waals surface area contributed by atoms with Crippen LogP contribution in [0.25, 0.3) is 0 Å². The molecule has 3 N–H and O–H groups in total. The molecule has 0 aliphatic carbocycles. The van der Waals surface area contributed by atoms with Crippen molar-refractivity contribution in [1.29, 1.82) is 0 Å². The normalized spacial score (nSPS) is 14.4. The molecule has 0 fully saturated rings. The summed E-state index contributed by atoms with van der Waals surface area (Å²) in [5.41, 5.74) is 0. The average molecular weight is 1260 g/mol. The van der Waals surface area contributed by atoms with Crippen molar-refractivity contribution in [1.82, 2.24) is 0 Å². The van der Waals surface area contributed by atoms with Gasteiger partial charge in [-0.3, -0.25) is 37.3 Å². The summed E-state index contributed by atoms with van der Waals surface area (Å²) in [6.07, 6.45) is 36.5. The summed E-state index contributed by atoms with van der Waals surface area (Å²) in [4.78, 5) is 72.2. The van der Waals surface area contributed by atoms with E-state index in [0.29, 0.717) is 37.5 Å². The Labute approximate surface area is 517 Å². The lowest BCUT2D eigenvalue weighted by atomic mass is 10.0. The van der Waals surface area contributed by atoms with E-state index in [1.807, 2.05) is 0 Å². The molecule has 0 spiro atoms. The molecule has 0 aromatic carbocycles. The van der Waals surface area contributed by atoms with Crippen molar-refractivity contribution in [3.05, 3.63) is 0 Å². The first-order valence-corrected chi connectivity index (χ1v) is 37.2. The molecule has 0 saturated heterocycles. The van der Waals surface area contributed by atoms with Gasteiger partial charge in [-0.25, -0.2) is 9.13 Å². The molecule has 0 aliphatic rings. The molecule has 0 radical (unpaired) electrons. The van der Waals surface area contributed by atoms with Crippen molar-refractivity contribution < 1.29 is 80.2 Å². The highest BCUT2D eigenvalue weighted by molar-refractivity contribution is 7.47. The summed E-state index contributed by atoms with van der Waals surface area (Å²) in [7, 11) is -9.89. The molecule has 5 atom stereocenters. The molecule has 0 aromatic rings. The highest BCUT2D eigenvalue weighted by Gasteiger charge is 2.30. The third-order valence-electron chi connectivity index (χ3n) is 15.1. The van der Waals surface area contributed by atoms with E-state index in [-0.39, 0.29) is 25.7 Å². The van der Waals surface area contributed by atoms with Crippen molar-refractivity contribution >= 4 is 39.5 Å². The van der Waals surface area contributed by atoms with Gasteiger partial charge in [-0.1, -0.05) is 267 Å². The zero-order valence-electron chi connectivity index (χ0n) is 55.2. The fourth-order valence-electron chi connectivity index (χ4n) is 9.78. The third-order valence-corrected chi connectivity index (χ3v) is 17.0. The van der Waals surface area contributed by atoms with E-state index in [2.05, 4.69) is 55.4 Å². The van der Waals surface area contributed by atoms with Crippen LogP contribution in [-0.2, 0) is 65.4 Å². The van der Waals surface area contributed by atoms with Gasteiger partial charge in [0.1, 0.15) is 19.3 Å². The van der Waals surface area contributed by atoms with Crippen LogP contribution in [0.4, 0.5) is 0 Å². The van der Waals surface area contributed by atoms with Gasteiger partial charge in [0.05, 0.1) is 26.4 Å². The van der Waals surface area contributed by atoms with E-state index in [1.54, 1.807) is 0 Å². The van der Waals surface area contributed by atoms with Gasteiger partial charge < -0.3 is 33.8 Å². The van der Waals surface area contributed by atoms with Crippen LogP contribution in [0, 0.1) is 23.7 Å². The maximum Gasteiger partial charge on any atom is 0.472 e. The van der Waals surface area contributed by atoms with Crippen LogP contribution in [0.15, 0.2) is 0 Å². The summed E-state index contributed by atoms with van der Waals surface area (Å²) in [5.74, 6) is 0.726. The maximum absolute atomic E-state index is 13.0. The van der Waals surface area contributed by atoms with Gasteiger partial charge in [-0.15, -0.1) is 0 Å². The standard InChI is InChI=1S/C66H128O17P2/c1-56(2)42-34-26-18-14-11-9-10-12-16-20-30-38-46-63(68)76-52-61(82-65(70)48-40-32-21-17-13-15-19-27-35-43-57(3)4)54-80-84(72,73)78-50-60(67)51-79-85(74,75)81-55-62(83-66(71)49-41-33-25-23-29-37-45-59(7)8)53-77-64(69)47-39-31-24-22-28-36-44-58(5)6/h56-62,67H,9-55H2,1-8H3,(H,72,73)(H,74,75)/t60-,61-,62-/m1/s1. The van der Waals surface area contributed by atoms with Crippen LogP contribution in [-0.4, -0.2) is 96.7 Å². The van der Waals surface area contributed by atoms with Crippen LogP contribution < -0.4 is 0 Å². The molecular formula is C66H128O17P2. The smallest absolute Gasteiger partial charge is 0.462 e. The first-order valence-electron chi connectivity index (χ1n) is 34.2. The van der Waals surface area contributed by atoms with E-state index < -0.39 is 97.5 Å². The Morgan fingerprint density at radius 1 is 0.294 bits per heavy atom. The predicted molar refractivity (Wildman–Crippen MR) is 340 cm³/mol. The molecule has 0 amide bonds. The van der Waals surface area contributed by atoms with Gasteiger partial charge in [0, 0.05) is 25.7 Å². The molecule has 19 heteroatoms. The summed E-state index contributed by atoms with van der Waals surface area (Å²) >= 11 is 0. The van der Waals surface area contributed by atoms with Crippen molar-refractivity contribution in [3.8, 4) is 0 Å². The van der Waals surface area contributed by atoms with Crippen molar-refractivity contribution in [2.75, 3.05) is 39.6 Å². The van der Waals surface area contributed by atoms with Gasteiger partial charge in [0.2, 0.25) is 0 Å². The minimum atomic E-state index is -4.95. The van der Waals surface area contributed by atoms with E-state index in [4.69, 9.17) is 37.0 Å². The minimum absolute atomic E-state index is 0.100. The quantitative estimate of drug-likeness (QED) is 0.0222. The van der Waals surface area contributed by atoms with Crippen LogP contribution in [0.5, 0.6) is 0 Å². The number of aliphatic hydroxyl groups is 1. The molecule has 0 saturated carbocycles. The number of hydrogen-bond acceptors (Lipinski definition) is 15. The van der Waals surface area contributed by atoms with E-state index >= 15 is 0 Å². The number of phosphoric acid groups is 2. The van der Waals surface area contributed by atoms with E-state index in [0.717, 1.165) is 108 Å². The third kappa shape index (κ3) is 60.7. The number of unbranched alkanes of at least 4 members (excludes halogenated alkanes) is 29. The number of ether oxygens (including phenoxy) is 4. The van der Waals surface area contributed by atoms with Crippen LogP contribution in [0.2, 0.25) is 0 Å². The van der Waals surface area contributed by atoms with Crippen LogP contribution in [0.1, 0.15) is 319 Å². The maximum atomic E-state index is 13.0. The highest BCUT2D eigenvalue weighted by Crippen LogP contribution is 2.45. The molecule has 0 rings (SSSR count). The summed E-state index contributed by atoms with van der Waals surface area (Å²) in [5, 5.41) is 10.5. The van der Waals surface area contributed by atoms with E-state index in [9.17, 15) is 43.2 Å². The second-order valence-electron chi connectivity index (χ2n) is 25.8. The Balaban J connectivity index is 5.22. The van der Waals surface area contributed by atoms with Gasteiger partial charge in [0.15, 0.2) is 12.2 Å². The van der Waals surface area contributed by atoms with Crippen molar-refractivity contribution in [2.24, 2.45) is 23.7 Å². The zero-order valence-corrected chi connectivity index (χ0v) is 57.0. The SMILES string of the molecule is CC(C)CCCCCCCCCCCCCCC(=O)OC[C@H](COP(=O)(O)OC[C@@H](O)COP(=O)(O)OC[C@@H](COC(=O)CCCCCCCCC(C)C)OC(=O)CCCCCCCCC(C)C)OC(=O)CCCCCCCCCCCC(C)C. The number of carbonyl (C=O) groups excluding carboxylic acids is 4. The first kappa shape index (κ1) is 83.1. The molecule has 17 nitrogen and oxygen atoms in total. The highest BCUT2D eigenvalue weighted by atomic mass is 31.2. The lowest BCUT2D eigenvalue weighted by Gasteiger charge is -2.21. The molecule has 0 bridgehead atoms. The zero-order chi connectivity index (χ0) is 63.2. The second-order valence-corrected chi connectivity index (χ2v) is 28.7. The van der Waals surface area contributed by atoms with Crippen LogP contribution in [0.3, 0.4) is 0 Å². The number of carbonyl (C=O) groups is 4. The Morgan fingerprint density at radius 3 is 0.729 bits per heavy atom. The average Bonchev–Trinajstić information content (AvgIpc) is 3.65. The largest absolute Gasteiger partial charge is 0.472 e. The predicted octanol–water partition coefficient (Wildman–Crippen LogP) is 18.1. The number of phosphoric ester groups is 2. The molecule has 0 aliphatic heterocycles. The number of rotatable bonds is 63. The fourth-order valence-corrected chi connectivity index (χ4v) is 11.4. The summed E-state index contributed by atoms with van der Waals surface area (Å²) in [6, 6.07) is 0. The fraction of sp³-hybridized carbons (Fsp3) is 0.939. The van der Waals surface area contributed by atoms with Crippen molar-refractivity contribution in [2.45, 2.75) is 337 Å². The lowest BCUT2D eigenvalue weighted by Crippen LogP contribution is -2.30. The topological polar surface area (TPSA) is 237 Å². The molecule has 2 unspecified atom stereocenters. The number of hydrogen-bond donors (Lipinski definition) is 3.